The van der Waals surface area contributed by atoms with Crippen LogP contribution in [0.2, 0.25) is 5.02 Å². The summed E-state index contributed by atoms with van der Waals surface area (Å²) < 4.78 is 5.24. The monoisotopic (exact) mass is 359 g/mol. The van der Waals surface area contributed by atoms with Crippen molar-refractivity contribution in [2.24, 2.45) is 5.92 Å². The number of halogens is 1. The Balaban J connectivity index is 1.69. The molecule has 0 spiro atoms. The molecule has 1 aromatic carbocycles. The summed E-state index contributed by atoms with van der Waals surface area (Å²) >= 11 is 5.99. The SMILES string of the molecule is COc1ccc(CN2CCN(c3ccc(Cl)cn3)[C@@H](C(C)C)C2)cc1. The van der Waals surface area contributed by atoms with Crippen LogP contribution in [0.1, 0.15) is 19.4 Å². The van der Waals surface area contributed by atoms with Gasteiger partial charge in [0, 0.05) is 38.4 Å². The van der Waals surface area contributed by atoms with Crippen LogP contribution in [-0.4, -0.2) is 42.7 Å². The number of rotatable bonds is 5. The van der Waals surface area contributed by atoms with Gasteiger partial charge in [0.1, 0.15) is 11.6 Å². The number of nitrogens with zero attached hydrogens (tertiary/aromatic N) is 3. The number of ether oxygens (including phenoxy) is 1. The first-order valence-electron chi connectivity index (χ1n) is 8.80. The van der Waals surface area contributed by atoms with Crippen molar-refractivity contribution in [3.05, 3.63) is 53.2 Å². The van der Waals surface area contributed by atoms with Gasteiger partial charge in [-0.25, -0.2) is 4.98 Å². The Kier molecular flexibility index (Phi) is 5.82. The lowest BCUT2D eigenvalue weighted by molar-refractivity contribution is 0.192. The highest BCUT2D eigenvalue weighted by Gasteiger charge is 2.30. The fourth-order valence-corrected chi connectivity index (χ4v) is 3.51. The van der Waals surface area contributed by atoms with E-state index in [1.54, 1.807) is 13.3 Å². The van der Waals surface area contributed by atoms with E-state index >= 15 is 0 Å². The largest absolute Gasteiger partial charge is 0.497 e. The lowest BCUT2D eigenvalue weighted by Crippen LogP contribution is -2.55. The van der Waals surface area contributed by atoms with E-state index in [0.717, 1.165) is 37.7 Å². The molecule has 1 saturated heterocycles. The Morgan fingerprint density at radius 2 is 1.92 bits per heavy atom. The van der Waals surface area contributed by atoms with Crippen LogP contribution in [0.15, 0.2) is 42.6 Å². The molecular weight excluding hydrogens is 334 g/mol. The number of benzene rings is 1. The molecular formula is C20H26ClN3O. The van der Waals surface area contributed by atoms with E-state index in [2.05, 4.69) is 40.8 Å². The lowest BCUT2D eigenvalue weighted by Gasteiger charge is -2.44. The maximum Gasteiger partial charge on any atom is 0.128 e. The van der Waals surface area contributed by atoms with Crippen LogP contribution in [0.4, 0.5) is 5.82 Å². The summed E-state index contributed by atoms with van der Waals surface area (Å²) in [6.45, 7) is 8.57. The number of anilines is 1. The Bertz CT molecular complexity index is 672. The molecule has 0 aliphatic carbocycles. The van der Waals surface area contributed by atoms with Crippen LogP contribution in [0, 0.1) is 5.92 Å². The molecule has 3 rings (SSSR count). The highest BCUT2D eigenvalue weighted by Crippen LogP contribution is 2.25. The van der Waals surface area contributed by atoms with Crippen LogP contribution >= 0.6 is 11.6 Å². The molecule has 1 aliphatic heterocycles. The molecule has 2 aromatic rings. The molecule has 0 unspecified atom stereocenters. The van der Waals surface area contributed by atoms with Crippen LogP contribution in [0.5, 0.6) is 5.75 Å². The standard InChI is InChI=1S/C20H26ClN3O/c1-15(2)19-14-23(13-16-4-7-18(25-3)8-5-16)10-11-24(19)20-9-6-17(21)12-22-20/h4-9,12,15,19H,10-11,13-14H2,1-3H3/t19-/m1/s1. The van der Waals surface area contributed by atoms with Crippen molar-refractivity contribution in [3.63, 3.8) is 0 Å². The smallest absolute Gasteiger partial charge is 0.128 e. The zero-order valence-electron chi connectivity index (χ0n) is 15.2. The summed E-state index contributed by atoms with van der Waals surface area (Å²) in [7, 11) is 1.70. The van der Waals surface area contributed by atoms with E-state index in [9.17, 15) is 0 Å². The zero-order chi connectivity index (χ0) is 17.8. The first kappa shape index (κ1) is 18.0. The van der Waals surface area contributed by atoms with Crippen molar-refractivity contribution in [2.45, 2.75) is 26.4 Å². The molecule has 4 nitrogen and oxygen atoms in total. The van der Waals surface area contributed by atoms with Crippen LogP contribution in [-0.2, 0) is 6.54 Å². The molecule has 5 heteroatoms. The Morgan fingerprint density at radius 1 is 1.16 bits per heavy atom. The second-order valence-corrected chi connectivity index (χ2v) is 7.36. The topological polar surface area (TPSA) is 28.6 Å². The van der Waals surface area contributed by atoms with Gasteiger partial charge in [-0.05, 0) is 35.7 Å². The van der Waals surface area contributed by atoms with E-state index in [0.29, 0.717) is 17.0 Å². The van der Waals surface area contributed by atoms with Crippen LogP contribution in [0.25, 0.3) is 0 Å². The van der Waals surface area contributed by atoms with Crippen molar-refractivity contribution in [1.29, 1.82) is 0 Å². The summed E-state index contributed by atoms with van der Waals surface area (Å²) in [4.78, 5) is 9.47. The van der Waals surface area contributed by atoms with Gasteiger partial charge < -0.3 is 9.64 Å². The van der Waals surface area contributed by atoms with E-state index in [-0.39, 0.29) is 0 Å². The summed E-state index contributed by atoms with van der Waals surface area (Å²) in [5.41, 5.74) is 1.32. The third-order valence-electron chi connectivity index (χ3n) is 4.84. The van der Waals surface area contributed by atoms with Crippen LogP contribution < -0.4 is 9.64 Å². The van der Waals surface area contributed by atoms with Crippen molar-refractivity contribution < 1.29 is 4.74 Å². The maximum atomic E-state index is 5.99. The van der Waals surface area contributed by atoms with Crippen LogP contribution in [0.3, 0.4) is 0 Å². The molecule has 134 valence electrons. The number of methoxy groups -OCH3 is 1. The van der Waals surface area contributed by atoms with Gasteiger partial charge in [0.2, 0.25) is 0 Å². The zero-order valence-corrected chi connectivity index (χ0v) is 15.9. The predicted octanol–water partition coefficient (Wildman–Crippen LogP) is 4.09. The number of pyridine rings is 1. The predicted molar refractivity (Wildman–Crippen MR) is 103 cm³/mol. The molecule has 1 aliphatic rings. The van der Waals surface area contributed by atoms with Gasteiger partial charge in [0.15, 0.2) is 0 Å². The van der Waals surface area contributed by atoms with E-state index in [4.69, 9.17) is 16.3 Å². The normalized spacial score (nSPS) is 18.6. The first-order chi connectivity index (χ1) is 12.1. The minimum absolute atomic E-state index is 0.445. The Labute approximate surface area is 155 Å². The fourth-order valence-electron chi connectivity index (χ4n) is 3.40. The van der Waals surface area contributed by atoms with E-state index in [1.807, 2.05) is 24.3 Å². The molecule has 1 fully saturated rings. The molecule has 1 atom stereocenters. The van der Waals surface area contributed by atoms with Gasteiger partial charge in [0.05, 0.1) is 12.1 Å². The minimum Gasteiger partial charge on any atom is -0.497 e. The second-order valence-electron chi connectivity index (χ2n) is 6.92. The first-order valence-corrected chi connectivity index (χ1v) is 9.18. The third kappa shape index (κ3) is 4.44. The Hall–Kier alpha value is -1.78. The van der Waals surface area contributed by atoms with Crippen molar-refractivity contribution in [1.82, 2.24) is 9.88 Å². The number of piperazine rings is 1. The molecule has 0 bridgehead atoms. The fraction of sp³-hybridized carbons (Fsp3) is 0.450. The van der Waals surface area contributed by atoms with Crippen molar-refractivity contribution >= 4 is 17.4 Å². The minimum atomic E-state index is 0.445. The quantitative estimate of drug-likeness (QED) is 0.803. The Morgan fingerprint density at radius 3 is 2.52 bits per heavy atom. The highest BCUT2D eigenvalue weighted by atomic mass is 35.5. The summed E-state index contributed by atoms with van der Waals surface area (Å²) in [6, 6.07) is 12.8. The average Bonchev–Trinajstić information content (AvgIpc) is 2.63. The molecule has 1 aromatic heterocycles. The van der Waals surface area contributed by atoms with Gasteiger partial charge in [-0.1, -0.05) is 37.6 Å². The number of hydrogen-bond donors (Lipinski definition) is 0. The van der Waals surface area contributed by atoms with Crippen molar-refractivity contribution in [2.75, 3.05) is 31.6 Å². The molecule has 0 saturated carbocycles. The van der Waals surface area contributed by atoms with E-state index in [1.165, 1.54) is 5.56 Å². The van der Waals surface area contributed by atoms with Gasteiger partial charge >= 0.3 is 0 Å². The lowest BCUT2D eigenvalue weighted by atomic mass is 9.99. The highest BCUT2D eigenvalue weighted by molar-refractivity contribution is 6.30. The summed E-state index contributed by atoms with van der Waals surface area (Å²) in [5, 5.41) is 0.683. The molecule has 2 heterocycles. The molecule has 0 radical (unpaired) electrons. The molecule has 0 amide bonds. The third-order valence-corrected chi connectivity index (χ3v) is 5.07. The number of hydrogen-bond acceptors (Lipinski definition) is 4. The molecule has 25 heavy (non-hydrogen) atoms. The van der Waals surface area contributed by atoms with Gasteiger partial charge in [-0.2, -0.15) is 0 Å². The average molecular weight is 360 g/mol. The second kappa shape index (κ2) is 8.07. The van der Waals surface area contributed by atoms with Gasteiger partial charge in [-0.3, -0.25) is 4.90 Å². The van der Waals surface area contributed by atoms with Gasteiger partial charge in [-0.15, -0.1) is 0 Å². The number of aromatic nitrogens is 1. The molecule has 0 N–H and O–H groups in total. The van der Waals surface area contributed by atoms with Gasteiger partial charge in [0.25, 0.3) is 0 Å². The van der Waals surface area contributed by atoms with Crippen molar-refractivity contribution in [3.8, 4) is 5.75 Å². The maximum absolute atomic E-state index is 5.99. The summed E-state index contributed by atoms with van der Waals surface area (Å²) in [6.07, 6.45) is 1.73. The van der Waals surface area contributed by atoms with E-state index < -0.39 is 0 Å². The summed E-state index contributed by atoms with van der Waals surface area (Å²) in [5.74, 6) is 2.48.